The Morgan fingerprint density at radius 1 is 0.935 bits per heavy atom. The molecule has 0 unspecified atom stereocenters. The van der Waals surface area contributed by atoms with Crippen LogP contribution in [0, 0.1) is 5.92 Å². The molecule has 6 heteroatoms. The molecule has 2 amide bonds. The smallest absolute Gasteiger partial charge is 0.251 e. The second-order valence-corrected chi connectivity index (χ2v) is 7.80. The van der Waals surface area contributed by atoms with Gasteiger partial charge in [-0.15, -0.1) is 0 Å². The summed E-state index contributed by atoms with van der Waals surface area (Å²) in [4.78, 5) is 29.1. The average Bonchev–Trinajstić information content (AvgIpc) is 3.66. The van der Waals surface area contributed by atoms with Crippen LogP contribution in [0.15, 0.2) is 73.1 Å². The van der Waals surface area contributed by atoms with Crippen molar-refractivity contribution in [2.75, 3.05) is 13.2 Å². The molecule has 6 nitrogen and oxygen atoms in total. The van der Waals surface area contributed by atoms with Crippen molar-refractivity contribution >= 4 is 11.8 Å². The average molecular weight is 415 g/mol. The normalized spacial score (nSPS) is 14.0. The fraction of sp³-hybridized carbons (Fsp3) is 0.240. The molecule has 31 heavy (non-hydrogen) atoms. The van der Waals surface area contributed by atoms with E-state index in [1.807, 2.05) is 24.3 Å². The summed E-state index contributed by atoms with van der Waals surface area (Å²) < 4.78 is 0. The zero-order valence-corrected chi connectivity index (χ0v) is 17.1. The van der Waals surface area contributed by atoms with E-state index < -0.39 is 6.04 Å². The number of hydrogen-bond donors (Lipinski definition) is 3. The number of nitrogens with zero attached hydrogens (tertiary/aromatic N) is 1. The first-order chi connectivity index (χ1) is 15.1. The van der Waals surface area contributed by atoms with E-state index in [0.717, 1.165) is 11.1 Å². The van der Waals surface area contributed by atoms with E-state index in [2.05, 4.69) is 15.6 Å². The molecule has 3 N–H and O–H groups in total. The number of pyridine rings is 1. The SMILES string of the molecule is O=C(NCC1CC1)c1cccc([C@@H](CO)NC(=O)c2ccc(-c3ccncc3)cc2)c1. The van der Waals surface area contributed by atoms with E-state index in [9.17, 15) is 14.7 Å². The van der Waals surface area contributed by atoms with Crippen molar-refractivity contribution in [3.8, 4) is 11.1 Å². The van der Waals surface area contributed by atoms with Gasteiger partial charge in [0.1, 0.15) is 0 Å². The topological polar surface area (TPSA) is 91.3 Å². The van der Waals surface area contributed by atoms with Crippen molar-refractivity contribution in [3.05, 3.63) is 89.7 Å². The van der Waals surface area contributed by atoms with Crippen molar-refractivity contribution in [2.24, 2.45) is 5.92 Å². The molecule has 1 fully saturated rings. The third kappa shape index (κ3) is 5.35. The summed E-state index contributed by atoms with van der Waals surface area (Å²) >= 11 is 0. The number of rotatable bonds is 8. The van der Waals surface area contributed by atoms with Crippen LogP contribution in [0.5, 0.6) is 0 Å². The number of carbonyl (C=O) groups excluding carboxylic acids is 2. The summed E-state index contributed by atoms with van der Waals surface area (Å²) in [7, 11) is 0. The maximum Gasteiger partial charge on any atom is 0.251 e. The minimum Gasteiger partial charge on any atom is -0.394 e. The third-order valence-electron chi connectivity index (χ3n) is 5.45. The summed E-state index contributed by atoms with van der Waals surface area (Å²) in [6.45, 7) is 0.423. The Morgan fingerprint density at radius 3 is 2.32 bits per heavy atom. The van der Waals surface area contributed by atoms with Crippen molar-refractivity contribution in [2.45, 2.75) is 18.9 Å². The second-order valence-electron chi connectivity index (χ2n) is 7.80. The summed E-state index contributed by atoms with van der Waals surface area (Å²) in [5, 5.41) is 15.7. The number of aliphatic hydroxyl groups is 1. The molecular formula is C25H25N3O3. The minimum atomic E-state index is -0.608. The van der Waals surface area contributed by atoms with Gasteiger partial charge in [-0.2, -0.15) is 0 Å². The molecule has 1 saturated carbocycles. The van der Waals surface area contributed by atoms with Crippen molar-refractivity contribution in [3.63, 3.8) is 0 Å². The van der Waals surface area contributed by atoms with Crippen LogP contribution >= 0.6 is 0 Å². The van der Waals surface area contributed by atoms with Crippen molar-refractivity contribution in [1.82, 2.24) is 15.6 Å². The summed E-state index contributed by atoms with van der Waals surface area (Å²) in [6.07, 6.45) is 5.79. The highest BCUT2D eigenvalue weighted by atomic mass is 16.3. The lowest BCUT2D eigenvalue weighted by Crippen LogP contribution is -2.31. The van der Waals surface area contributed by atoms with E-state index in [1.165, 1.54) is 12.8 Å². The van der Waals surface area contributed by atoms with Gasteiger partial charge in [0.2, 0.25) is 0 Å². The fourth-order valence-electron chi connectivity index (χ4n) is 3.39. The quantitative estimate of drug-likeness (QED) is 0.526. The molecule has 4 rings (SSSR count). The number of benzene rings is 2. The van der Waals surface area contributed by atoms with Crippen molar-refractivity contribution < 1.29 is 14.7 Å². The number of nitrogens with one attached hydrogen (secondary N) is 2. The molecule has 0 radical (unpaired) electrons. The van der Waals surface area contributed by atoms with Gasteiger partial charge in [0.05, 0.1) is 12.6 Å². The zero-order valence-electron chi connectivity index (χ0n) is 17.1. The lowest BCUT2D eigenvalue weighted by molar-refractivity contribution is 0.0916. The Labute approximate surface area is 181 Å². The van der Waals surface area contributed by atoms with Gasteiger partial charge >= 0.3 is 0 Å². The Balaban J connectivity index is 1.43. The highest BCUT2D eigenvalue weighted by Crippen LogP contribution is 2.27. The Hall–Kier alpha value is -3.51. The minimum absolute atomic E-state index is 0.136. The molecule has 0 aliphatic heterocycles. The first-order valence-electron chi connectivity index (χ1n) is 10.4. The summed E-state index contributed by atoms with van der Waals surface area (Å²) in [6, 6.07) is 17.5. The predicted molar refractivity (Wildman–Crippen MR) is 118 cm³/mol. The van der Waals surface area contributed by atoms with Crippen LogP contribution in [0.1, 0.15) is 45.2 Å². The first-order valence-corrected chi connectivity index (χ1v) is 10.4. The van der Waals surface area contributed by atoms with E-state index in [0.29, 0.717) is 29.2 Å². The van der Waals surface area contributed by atoms with Crippen LogP contribution in [-0.4, -0.2) is 35.1 Å². The van der Waals surface area contributed by atoms with Crippen molar-refractivity contribution in [1.29, 1.82) is 0 Å². The van der Waals surface area contributed by atoms with E-state index in [4.69, 9.17) is 0 Å². The number of amides is 2. The molecule has 3 aromatic rings. The predicted octanol–water partition coefficient (Wildman–Crippen LogP) is 3.35. The standard InChI is InChI=1S/C25H25N3O3/c29-16-23(21-2-1-3-22(14-21)24(30)27-15-17-4-5-17)28-25(31)20-8-6-18(7-9-20)19-10-12-26-13-11-19/h1-3,6-14,17,23,29H,4-5,15-16H2,(H,27,30)(H,28,31)/t23-/m1/s1. The molecule has 1 heterocycles. The molecule has 1 aromatic heterocycles. The number of carbonyl (C=O) groups is 2. The largest absolute Gasteiger partial charge is 0.394 e. The van der Waals surface area contributed by atoms with Crippen LogP contribution < -0.4 is 10.6 Å². The third-order valence-corrected chi connectivity index (χ3v) is 5.45. The highest BCUT2D eigenvalue weighted by Gasteiger charge is 2.22. The molecule has 0 spiro atoms. The van der Waals surface area contributed by atoms with Gasteiger partial charge < -0.3 is 15.7 Å². The van der Waals surface area contributed by atoms with Crippen LogP contribution in [0.2, 0.25) is 0 Å². The second kappa shape index (κ2) is 9.53. The van der Waals surface area contributed by atoms with Crippen LogP contribution in [0.3, 0.4) is 0 Å². The van der Waals surface area contributed by atoms with Gasteiger partial charge in [-0.1, -0.05) is 24.3 Å². The molecule has 2 aromatic carbocycles. The van der Waals surface area contributed by atoms with E-state index in [-0.39, 0.29) is 18.4 Å². The summed E-state index contributed by atoms with van der Waals surface area (Å²) in [5.74, 6) is 0.175. The highest BCUT2D eigenvalue weighted by molar-refractivity contribution is 5.95. The number of aromatic nitrogens is 1. The Bertz CT molecular complexity index is 1050. The van der Waals surface area contributed by atoms with Crippen LogP contribution in [0.4, 0.5) is 0 Å². The van der Waals surface area contributed by atoms with Gasteiger partial charge in [-0.3, -0.25) is 14.6 Å². The maximum absolute atomic E-state index is 12.7. The molecule has 1 aliphatic carbocycles. The summed E-state index contributed by atoms with van der Waals surface area (Å²) in [5.41, 5.74) is 3.71. The monoisotopic (exact) mass is 415 g/mol. The van der Waals surface area contributed by atoms with Gasteiger partial charge in [0, 0.05) is 30.1 Å². The zero-order chi connectivity index (χ0) is 21.6. The van der Waals surface area contributed by atoms with E-state index >= 15 is 0 Å². The Kier molecular flexibility index (Phi) is 6.38. The van der Waals surface area contributed by atoms with Gasteiger partial charge in [0.15, 0.2) is 0 Å². The molecule has 0 saturated heterocycles. The fourth-order valence-corrected chi connectivity index (χ4v) is 3.39. The van der Waals surface area contributed by atoms with Gasteiger partial charge in [-0.05, 0) is 71.8 Å². The number of hydrogen-bond acceptors (Lipinski definition) is 4. The molecular weight excluding hydrogens is 390 g/mol. The van der Waals surface area contributed by atoms with E-state index in [1.54, 1.807) is 48.8 Å². The lowest BCUT2D eigenvalue weighted by atomic mass is 10.0. The lowest BCUT2D eigenvalue weighted by Gasteiger charge is -2.18. The molecule has 158 valence electrons. The van der Waals surface area contributed by atoms with Gasteiger partial charge in [-0.25, -0.2) is 0 Å². The molecule has 1 atom stereocenters. The Morgan fingerprint density at radius 2 is 1.65 bits per heavy atom. The van der Waals surface area contributed by atoms with Crippen LogP contribution in [-0.2, 0) is 0 Å². The maximum atomic E-state index is 12.7. The molecule has 0 bridgehead atoms. The number of aliphatic hydroxyl groups excluding tert-OH is 1. The van der Waals surface area contributed by atoms with Gasteiger partial charge in [0.25, 0.3) is 11.8 Å². The van der Waals surface area contributed by atoms with Crippen LogP contribution in [0.25, 0.3) is 11.1 Å². The first kappa shape index (κ1) is 20.8. The molecule has 1 aliphatic rings.